The molecule has 9 nitrogen and oxygen atoms in total. The molecule has 0 N–H and O–H groups in total. The summed E-state index contributed by atoms with van der Waals surface area (Å²) >= 11 is 0. The Balaban J connectivity index is 1.42. The number of aryl methyl sites for hydroxylation is 1. The quantitative estimate of drug-likeness (QED) is 0.233. The average Bonchev–Trinajstić information content (AvgIpc) is 3.45. The van der Waals surface area contributed by atoms with E-state index < -0.39 is 15.6 Å². The molecule has 0 saturated carbocycles. The first-order valence-electron chi connectivity index (χ1n) is 15.4. The second-order valence-corrected chi connectivity index (χ2v) is 13.5. The van der Waals surface area contributed by atoms with Gasteiger partial charge in [-0.3, -0.25) is 19.2 Å². The lowest BCUT2D eigenvalue weighted by molar-refractivity contribution is 0.124. The third-order valence-corrected chi connectivity index (χ3v) is 10.9. The molecule has 232 valence electrons. The lowest BCUT2D eigenvalue weighted by Gasteiger charge is -2.47. The average molecular weight is 631 g/mol. The summed E-state index contributed by atoms with van der Waals surface area (Å²) in [5, 5.41) is 10.8. The number of anilines is 2. The number of nitrogens with zero attached hydrogens (tertiary/aromatic N) is 6. The summed E-state index contributed by atoms with van der Waals surface area (Å²) < 4.78 is 37.4. The summed E-state index contributed by atoms with van der Waals surface area (Å²) in [6.45, 7) is 7.22. The molecule has 1 atom stereocenters. The van der Waals surface area contributed by atoms with E-state index in [-0.39, 0.29) is 11.4 Å². The maximum atomic E-state index is 14.9. The van der Waals surface area contributed by atoms with Gasteiger partial charge in [0.05, 0.1) is 41.5 Å². The second-order valence-electron chi connectivity index (χ2n) is 11.7. The number of ether oxygens (including phenoxy) is 1. The summed E-state index contributed by atoms with van der Waals surface area (Å²) in [5.41, 5.74) is 4.20. The van der Waals surface area contributed by atoms with Crippen LogP contribution in [0.3, 0.4) is 0 Å². The Hall–Kier alpha value is -4.98. The van der Waals surface area contributed by atoms with Crippen molar-refractivity contribution < 1.29 is 13.2 Å². The van der Waals surface area contributed by atoms with Crippen LogP contribution < -0.4 is 13.9 Å². The van der Waals surface area contributed by atoms with Crippen molar-refractivity contribution in [3.05, 3.63) is 120 Å². The van der Waals surface area contributed by atoms with Crippen molar-refractivity contribution in [1.82, 2.24) is 14.9 Å². The van der Waals surface area contributed by atoms with E-state index >= 15 is 0 Å². The molecule has 0 radical (unpaired) electrons. The van der Waals surface area contributed by atoms with E-state index in [4.69, 9.17) is 4.74 Å². The van der Waals surface area contributed by atoms with E-state index in [0.717, 1.165) is 40.9 Å². The summed E-state index contributed by atoms with van der Waals surface area (Å²) in [5.74, 6) is 0.691. The fourth-order valence-electron chi connectivity index (χ4n) is 6.98. The first-order valence-corrected chi connectivity index (χ1v) is 16.9. The Morgan fingerprint density at radius 2 is 1.72 bits per heavy atom. The minimum absolute atomic E-state index is 0.112. The van der Waals surface area contributed by atoms with Gasteiger partial charge in [-0.25, -0.2) is 8.42 Å². The molecule has 2 aliphatic rings. The van der Waals surface area contributed by atoms with Crippen molar-refractivity contribution >= 4 is 32.3 Å². The third-order valence-electron chi connectivity index (χ3n) is 9.07. The van der Waals surface area contributed by atoms with Gasteiger partial charge in [-0.05, 0) is 67.9 Å². The standard InChI is InChI=1S/C36H34N6O3S/c1-3-45-33-9-5-4-8-30(33)36(41-19-17-40(18-20-41)29-13-15-38-16-14-29)25-42(32-12-11-27(23-37)22-31(32)36)46(43,44)34-10-6-7-28-21-26(2)24-39-35(28)34/h4-16,21-22,24H,3,17-20,25H2,1-2H3. The van der Waals surface area contributed by atoms with Crippen LogP contribution in [-0.2, 0) is 15.6 Å². The number of hydrogen-bond donors (Lipinski definition) is 0. The highest BCUT2D eigenvalue weighted by Crippen LogP contribution is 2.52. The van der Waals surface area contributed by atoms with Gasteiger partial charge in [0, 0.05) is 67.0 Å². The molecule has 2 aliphatic heterocycles. The number of piperazine rings is 1. The minimum Gasteiger partial charge on any atom is -0.494 e. The summed E-state index contributed by atoms with van der Waals surface area (Å²) in [6, 6.07) is 26.7. The van der Waals surface area contributed by atoms with Crippen LogP contribution in [0.15, 0.2) is 102 Å². The monoisotopic (exact) mass is 630 g/mol. The zero-order valence-corrected chi connectivity index (χ0v) is 26.6. The zero-order chi connectivity index (χ0) is 31.9. The van der Waals surface area contributed by atoms with Crippen LogP contribution in [0.2, 0.25) is 0 Å². The highest BCUT2D eigenvalue weighted by molar-refractivity contribution is 7.93. The summed E-state index contributed by atoms with van der Waals surface area (Å²) in [7, 11) is -4.10. The van der Waals surface area contributed by atoms with E-state index in [1.807, 2.05) is 68.4 Å². The van der Waals surface area contributed by atoms with E-state index in [1.165, 1.54) is 4.31 Å². The Labute approximate surface area is 269 Å². The lowest BCUT2D eigenvalue weighted by Crippen LogP contribution is -2.58. The van der Waals surface area contributed by atoms with Gasteiger partial charge in [-0.15, -0.1) is 0 Å². The molecule has 1 unspecified atom stereocenters. The number of nitriles is 1. The topological polar surface area (TPSA) is 103 Å². The maximum Gasteiger partial charge on any atom is 0.266 e. The molecule has 0 aliphatic carbocycles. The Kier molecular flexibility index (Phi) is 7.59. The summed E-state index contributed by atoms with van der Waals surface area (Å²) in [6.07, 6.45) is 5.29. The van der Waals surface area contributed by atoms with Gasteiger partial charge < -0.3 is 9.64 Å². The van der Waals surface area contributed by atoms with Crippen molar-refractivity contribution in [2.75, 3.05) is 48.5 Å². The van der Waals surface area contributed by atoms with Gasteiger partial charge in [0.1, 0.15) is 10.6 Å². The smallest absolute Gasteiger partial charge is 0.266 e. The van der Waals surface area contributed by atoms with E-state index in [2.05, 4.69) is 25.8 Å². The Morgan fingerprint density at radius 3 is 2.48 bits per heavy atom. The molecule has 46 heavy (non-hydrogen) atoms. The normalized spacial score (nSPS) is 18.4. The van der Waals surface area contributed by atoms with Gasteiger partial charge in [0.15, 0.2) is 0 Å². The zero-order valence-electron chi connectivity index (χ0n) is 25.8. The minimum atomic E-state index is -4.10. The van der Waals surface area contributed by atoms with Crippen molar-refractivity contribution in [3.63, 3.8) is 0 Å². The molecule has 3 aromatic carbocycles. The number of rotatable bonds is 7. The van der Waals surface area contributed by atoms with Crippen molar-refractivity contribution in [2.24, 2.45) is 0 Å². The summed E-state index contributed by atoms with van der Waals surface area (Å²) in [4.78, 5) is 13.6. The Bertz CT molecular complexity index is 2070. The number of fused-ring (bicyclic) bond motifs is 2. The lowest BCUT2D eigenvalue weighted by atomic mass is 9.81. The number of sulfonamides is 1. The van der Waals surface area contributed by atoms with Crippen LogP contribution >= 0.6 is 0 Å². The van der Waals surface area contributed by atoms with Crippen molar-refractivity contribution in [3.8, 4) is 11.8 Å². The highest BCUT2D eigenvalue weighted by Gasteiger charge is 2.53. The largest absolute Gasteiger partial charge is 0.494 e. The SMILES string of the molecule is CCOc1ccccc1C1(N2CCN(c3ccncc3)CC2)CN(S(=O)(=O)c2cccc3cc(C)cnc23)c2ccc(C#N)cc21. The molecule has 0 spiro atoms. The van der Waals surface area contributed by atoms with Crippen LogP contribution in [0.4, 0.5) is 11.4 Å². The van der Waals surface area contributed by atoms with Crippen molar-refractivity contribution in [1.29, 1.82) is 5.26 Å². The number of pyridine rings is 2. The van der Waals surface area contributed by atoms with Crippen LogP contribution in [0.25, 0.3) is 10.9 Å². The first kappa shape index (κ1) is 29.7. The molecule has 5 aromatic rings. The molecule has 2 aromatic heterocycles. The van der Waals surface area contributed by atoms with Crippen LogP contribution in [-0.4, -0.2) is 62.6 Å². The number of benzene rings is 3. The molecule has 1 fully saturated rings. The number of hydrogen-bond acceptors (Lipinski definition) is 8. The van der Waals surface area contributed by atoms with Crippen LogP contribution in [0.1, 0.15) is 29.2 Å². The molecular formula is C36H34N6O3S. The number of para-hydroxylation sites is 2. The van der Waals surface area contributed by atoms with Gasteiger partial charge in [-0.2, -0.15) is 5.26 Å². The van der Waals surface area contributed by atoms with E-state index in [1.54, 1.807) is 42.9 Å². The van der Waals surface area contributed by atoms with E-state index in [0.29, 0.717) is 42.2 Å². The van der Waals surface area contributed by atoms with Gasteiger partial charge in [0.25, 0.3) is 10.0 Å². The first-order chi connectivity index (χ1) is 22.4. The van der Waals surface area contributed by atoms with Crippen molar-refractivity contribution in [2.45, 2.75) is 24.3 Å². The van der Waals surface area contributed by atoms with Gasteiger partial charge >= 0.3 is 0 Å². The molecule has 0 bridgehead atoms. The molecule has 7 rings (SSSR count). The molecule has 0 amide bonds. The predicted octanol–water partition coefficient (Wildman–Crippen LogP) is 5.48. The fourth-order valence-corrected chi connectivity index (χ4v) is 8.66. The van der Waals surface area contributed by atoms with Gasteiger partial charge in [0.2, 0.25) is 0 Å². The second kappa shape index (κ2) is 11.7. The van der Waals surface area contributed by atoms with E-state index in [9.17, 15) is 13.7 Å². The molecule has 1 saturated heterocycles. The molecular weight excluding hydrogens is 597 g/mol. The fraction of sp³-hybridized carbons (Fsp3) is 0.250. The van der Waals surface area contributed by atoms with Crippen LogP contribution in [0, 0.1) is 18.3 Å². The third kappa shape index (κ3) is 4.83. The number of aromatic nitrogens is 2. The molecule has 10 heteroatoms. The molecule has 4 heterocycles. The predicted molar refractivity (Wildman–Crippen MR) is 179 cm³/mol. The van der Waals surface area contributed by atoms with Gasteiger partial charge in [-0.1, -0.05) is 30.3 Å². The van der Waals surface area contributed by atoms with Crippen LogP contribution in [0.5, 0.6) is 5.75 Å². The Morgan fingerprint density at radius 1 is 0.935 bits per heavy atom. The maximum absolute atomic E-state index is 14.9. The highest BCUT2D eigenvalue weighted by atomic mass is 32.2.